The SMILES string of the molecule is CCOC(=O)CC[C@@H](C)[C@H]1CC[C@H]2[C@@H]3[C@H](O)C[C@@H]4C[C@H](O)CC[C@]4(C)[C@H]3C[C@H](O)[C@]12C.C[C@H](CCC(=O)O)[C@H]1CC[C@H]2[C@@H]3[C@H](O)C[C@@H]4C[C@H](O)CC[C@]4(C)[C@H]3C[C@H](O)[C@]12C. The largest absolute Gasteiger partial charge is 0.481 e. The van der Waals surface area contributed by atoms with Gasteiger partial charge in [-0.1, -0.05) is 41.5 Å². The van der Waals surface area contributed by atoms with Crippen molar-refractivity contribution in [2.75, 3.05) is 6.61 Å². The number of carbonyl (C=O) groups is 2. The number of aliphatic hydroxyl groups is 6. The summed E-state index contributed by atoms with van der Waals surface area (Å²) in [5, 5.41) is 75.2. The minimum absolute atomic E-state index is 0.0957. The summed E-state index contributed by atoms with van der Waals surface area (Å²) in [5.41, 5.74) is -0.234. The van der Waals surface area contributed by atoms with Crippen molar-refractivity contribution in [3.05, 3.63) is 0 Å². The van der Waals surface area contributed by atoms with Gasteiger partial charge in [0, 0.05) is 12.8 Å². The van der Waals surface area contributed by atoms with Gasteiger partial charge in [-0.25, -0.2) is 0 Å². The fraction of sp³-hybridized carbons (Fsp3) is 0.960. The van der Waals surface area contributed by atoms with E-state index in [0.717, 1.165) is 96.3 Å². The van der Waals surface area contributed by atoms with Crippen LogP contribution in [0, 0.1) is 92.7 Å². The van der Waals surface area contributed by atoms with Crippen LogP contribution in [0.15, 0.2) is 0 Å². The van der Waals surface area contributed by atoms with Crippen molar-refractivity contribution < 1.29 is 50.1 Å². The summed E-state index contributed by atoms with van der Waals surface area (Å²) in [7, 11) is 0. The lowest BCUT2D eigenvalue weighted by Crippen LogP contribution is -2.62. The van der Waals surface area contributed by atoms with Gasteiger partial charge in [0.05, 0.1) is 43.2 Å². The van der Waals surface area contributed by atoms with Crippen LogP contribution >= 0.6 is 0 Å². The maximum Gasteiger partial charge on any atom is 0.305 e. The average molecular weight is 845 g/mol. The van der Waals surface area contributed by atoms with Gasteiger partial charge in [-0.15, -0.1) is 0 Å². The van der Waals surface area contributed by atoms with E-state index in [9.17, 15) is 40.2 Å². The molecule has 0 bridgehead atoms. The Morgan fingerprint density at radius 3 is 1.40 bits per heavy atom. The molecule has 0 saturated heterocycles. The van der Waals surface area contributed by atoms with Crippen molar-refractivity contribution in [3.8, 4) is 0 Å². The topological polar surface area (TPSA) is 185 Å². The Bertz CT molecular complexity index is 1520. The summed E-state index contributed by atoms with van der Waals surface area (Å²) in [6, 6.07) is 0. The number of hydrogen-bond donors (Lipinski definition) is 7. The Morgan fingerprint density at radius 2 is 1.00 bits per heavy atom. The second-order valence-corrected chi connectivity index (χ2v) is 23.3. The molecule has 10 nitrogen and oxygen atoms in total. The van der Waals surface area contributed by atoms with Gasteiger partial charge < -0.3 is 40.5 Å². The Hall–Kier alpha value is -1.30. The van der Waals surface area contributed by atoms with Crippen molar-refractivity contribution in [2.24, 2.45) is 92.7 Å². The molecule has 22 atom stereocenters. The number of carboxylic acid groups (broad SMARTS) is 1. The number of fused-ring (bicyclic) bond motifs is 10. The number of hydrogen-bond acceptors (Lipinski definition) is 9. The highest BCUT2D eigenvalue weighted by atomic mass is 16.5. The van der Waals surface area contributed by atoms with Crippen LogP contribution in [0.5, 0.6) is 0 Å². The number of esters is 1. The highest BCUT2D eigenvalue weighted by Crippen LogP contribution is 2.70. The van der Waals surface area contributed by atoms with E-state index in [2.05, 4.69) is 41.5 Å². The Balaban J connectivity index is 0.000000182. The lowest BCUT2D eigenvalue weighted by atomic mass is 9.43. The highest BCUT2D eigenvalue weighted by Gasteiger charge is 2.67. The van der Waals surface area contributed by atoms with E-state index in [1.165, 1.54) is 0 Å². The summed E-state index contributed by atoms with van der Waals surface area (Å²) in [6.45, 7) is 15.9. The first-order valence-corrected chi connectivity index (χ1v) is 24.7. The number of carboxylic acids is 1. The fourth-order valence-electron chi connectivity index (χ4n) is 17.6. The molecule has 0 unspecified atom stereocenters. The summed E-state index contributed by atoms with van der Waals surface area (Å²) >= 11 is 0. The first kappa shape index (κ1) is 46.7. The van der Waals surface area contributed by atoms with Crippen LogP contribution in [-0.2, 0) is 14.3 Å². The number of aliphatic carboxylic acids is 1. The summed E-state index contributed by atoms with van der Waals surface area (Å²) < 4.78 is 5.12. The minimum Gasteiger partial charge on any atom is -0.481 e. The molecule has 8 fully saturated rings. The number of rotatable bonds is 9. The third-order valence-electron chi connectivity index (χ3n) is 21.0. The second-order valence-electron chi connectivity index (χ2n) is 23.3. The van der Waals surface area contributed by atoms with Gasteiger partial charge in [-0.3, -0.25) is 9.59 Å². The molecule has 0 amide bonds. The zero-order valence-corrected chi connectivity index (χ0v) is 38.2. The summed E-state index contributed by atoms with van der Waals surface area (Å²) in [4.78, 5) is 23.0. The standard InChI is InChI=1S/C26H44O5.C24H40O5/c1-5-31-23(30)9-6-15(2)18-7-8-19-24-20(14-22(29)26(18,19)4)25(3)11-10-17(27)12-16(25)13-21(24)28;1-13(4-7-21(28)29)16-5-6-17-22-18(12-20(27)24(16,17)3)23(2)9-8-15(25)10-14(23)11-19(22)26/h15-22,24,27-29H,5-14H2,1-4H3;13-20,22,25-27H,4-12H2,1-3H3,(H,28,29)/t15-,16+,17-,18-,19+,20+,21-,22+,24+,25+,26-;13-,14+,15-,16-,17+,18+,19-,20+,22+,23+,24-/m11/s1. The van der Waals surface area contributed by atoms with E-state index in [-0.39, 0.29) is 82.3 Å². The van der Waals surface area contributed by atoms with Crippen molar-refractivity contribution in [3.63, 3.8) is 0 Å². The zero-order chi connectivity index (χ0) is 43.7. The van der Waals surface area contributed by atoms with Crippen LogP contribution in [-0.4, -0.2) is 90.9 Å². The van der Waals surface area contributed by atoms with Gasteiger partial charge >= 0.3 is 11.9 Å². The molecule has 8 rings (SSSR count). The van der Waals surface area contributed by atoms with Gasteiger partial charge in [0.1, 0.15) is 0 Å². The van der Waals surface area contributed by atoms with E-state index in [1.807, 2.05) is 6.92 Å². The molecular formula is C50H84O10. The molecule has 8 saturated carbocycles. The normalized spacial score (nSPS) is 51.5. The average Bonchev–Trinajstić information content (AvgIpc) is 3.74. The lowest BCUT2D eigenvalue weighted by Gasteiger charge is -2.63. The molecule has 0 aromatic carbocycles. The summed E-state index contributed by atoms with van der Waals surface area (Å²) in [6.07, 6.45) is 12.6. The van der Waals surface area contributed by atoms with Crippen LogP contribution in [0.25, 0.3) is 0 Å². The molecule has 8 aliphatic carbocycles. The van der Waals surface area contributed by atoms with E-state index < -0.39 is 12.1 Å². The molecule has 10 heteroatoms. The van der Waals surface area contributed by atoms with E-state index in [4.69, 9.17) is 9.84 Å². The van der Waals surface area contributed by atoms with E-state index >= 15 is 0 Å². The van der Waals surface area contributed by atoms with Gasteiger partial charge in [0.25, 0.3) is 0 Å². The van der Waals surface area contributed by atoms with Crippen LogP contribution in [0.4, 0.5) is 0 Å². The molecule has 0 spiro atoms. The molecule has 0 aromatic heterocycles. The number of carbonyl (C=O) groups excluding carboxylic acids is 1. The predicted octanol–water partition coefficient (Wildman–Crippen LogP) is 7.38. The van der Waals surface area contributed by atoms with E-state index in [1.54, 1.807) is 0 Å². The second kappa shape index (κ2) is 17.6. The quantitative estimate of drug-likeness (QED) is 0.116. The monoisotopic (exact) mass is 845 g/mol. The van der Waals surface area contributed by atoms with Gasteiger partial charge in [0.2, 0.25) is 0 Å². The predicted molar refractivity (Wildman–Crippen MR) is 229 cm³/mol. The van der Waals surface area contributed by atoms with Gasteiger partial charge in [0.15, 0.2) is 0 Å². The smallest absolute Gasteiger partial charge is 0.305 e. The molecule has 0 heterocycles. The fourth-order valence-corrected chi connectivity index (χ4v) is 17.6. The number of ether oxygens (including phenoxy) is 1. The zero-order valence-electron chi connectivity index (χ0n) is 38.2. The maximum atomic E-state index is 11.9. The van der Waals surface area contributed by atoms with Crippen LogP contribution < -0.4 is 0 Å². The van der Waals surface area contributed by atoms with Gasteiger partial charge in [-0.2, -0.15) is 0 Å². The molecule has 60 heavy (non-hydrogen) atoms. The highest BCUT2D eigenvalue weighted by molar-refractivity contribution is 5.69. The van der Waals surface area contributed by atoms with Crippen molar-refractivity contribution in [2.45, 2.75) is 201 Å². The molecule has 8 aliphatic rings. The molecule has 0 aromatic rings. The molecule has 7 N–H and O–H groups in total. The minimum atomic E-state index is -0.748. The van der Waals surface area contributed by atoms with Crippen LogP contribution in [0.1, 0.15) is 164 Å². The first-order chi connectivity index (χ1) is 28.2. The summed E-state index contributed by atoms with van der Waals surface area (Å²) in [5.74, 6) is 2.84. The molecule has 0 aliphatic heterocycles. The van der Waals surface area contributed by atoms with Crippen molar-refractivity contribution in [1.29, 1.82) is 0 Å². The van der Waals surface area contributed by atoms with Crippen molar-refractivity contribution >= 4 is 11.9 Å². The lowest BCUT2D eigenvalue weighted by molar-refractivity contribution is -0.207. The number of aliphatic hydroxyl groups excluding tert-OH is 6. The maximum absolute atomic E-state index is 11.9. The Kier molecular flexibility index (Phi) is 13.7. The van der Waals surface area contributed by atoms with Crippen LogP contribution in [0.3, 0.4) is 0 Å². The molecule has 0 radical (unpaired) electrons. The van der Waals surface area contributed by atoms with Crippen LogP contribution in [0.2, 0.25) is 0 Å². The van der Waals surface area contributed by atoms with Gasteiger partial charge in [-0.05, 0) is 202 Å². The van der Waals surface area contributed by atoms with Crippen molar-refractivity contribution in [1.82, 2.24) is 0 Å². The third-order valence-corrected chi connectivity index (χ3v) is 21.0. The first-order valence-electron chi connectivity index (χ1n) is 24.7. The molecule has 344 valence electrons. The Labute approximate surface area is 361 Å². The van der Waals surface area contributed by atoms with E-state index in [0.29, 0.717) is 72.7 Å². The third kappa shape index (κ3) is 7.85. The molecular weight excluding hydrogens is 761 g/mol. The Morgan fingerprint density at radius 1 is 0.583 bits per heavy atom.